The smallest absolute Gasteiger partial charge is 0.108 e. The monoisotopic (exact) mass is 298 g/mol. The number of rotatable bonds is 3. The number of nitrogens with zero attached hydrogens (tertiary/aromatic N) is 4. The van der Waals surface area contributed by atoms with E-state index in [1.54, 1.807) is 0 Å². The van der Waals surface area contributed by atoms with Gasteiger partial charge in [-0.25, -0.2) is 4.98 Å². The van der Waals surface area contributed by atoms with Crippen molar-refractivity contribution in [2.45, 2.75) is 25.4 Å². The van der Waals surface area contributed by atoms with Crippen molar-refractivity contribution in [2.24, 2.45) is 7.05 Å². The summed E-state index contributed by atoms with van der Waals surface area (Å²) in [6.45, 7) is 2.09. The molecule has 3 aromatic rings. The highest BCUT2D eigenvalue weighted by molar-refractivity contribution is 7.18. The molecule has 0 saturated carbocycles. The molecule has 4 nitrogen and oxygen atoms in total. The maximum absolute atomic E-state index is 4.77. The van der Waals surface area contributed by atoms with Gasteiger partial charge in [-0.1, -0.05) is 12.1 Å². The van der Waals surface area contributed by atoms with Crippen LogP contribution in [-0.4, -0.2) is 26.2 Å². The van der Waals surface area contributed by atoms with Gasteiger partial charge in [0.1, 0.15) is 5.01 Å². The molecule has 4 rings (SSSR count). The van der Waals surface area contributed by atoms with Crippen LogP contribution in [0.15, 0.2) is 36.7 Å². The van der Waals surface area contributed by atoms with E-state index in [1.807, 2.05) is 29.3 Å². The first-order valence-electron chi connectivity index (χ1n) is 7.36. The lowest BCUT2D eigenvalue weighted by atomic mass is 10.1. The minimum Gasteiger partial charge on any atom is -0.290 e. The Hall–Kier alpha value is -1.72. The van der Waals surface area contributed by atoms with E-state index in [4.69, 9.17) is 4.98 Å². The molecule has 108 valence electrons. The zero-order valence-corrected chi connectivity index (χ0v) is 12.9. The molecule has 2 aromatic heterocycles. The summed E-state index contributed by atoms with van der Waals surface area (Å²) in [7, 11) is 1.98. The predicted octanol–water partition coefficient (Wildman–Crippen LogP) is 3.37. The molecule has 5 heteroatoms. The third kappa shape index (κ3) is 2.47. The van der Waals surface area contributed by atoms with Crippen LogP contribution in [0.3, 0.4) is 0 Å². The SMILES string of the molecule is Cn1cc([C@@H]2CCCN2Cc2nc3ccccc3s2)cn1. The molecule has 1 saturated heterocycles. The van der Waals surface area contributed by atoms with Crippen LogP contribution in [0.4, 0.5) is 0 Å². The maximum Gasteiger partial charge on any atom is 0.108 e. The Morgan fingerprint density at radius 3 is 3.05 bits per heavy atom. The number of para-hydroxylation sites is 1. The van der Waals surface area contributed by atoms with E-state index in [0.717, 1.165) is 18.6 Å². The number of hydrogen-bond acceptors (Lipinski definition) is 4. The third-order valence-corrected chi connectivity index (χ3v) is 5.17. The molecule has 0 radical (unpaired) electrons. The Morgan fingerprint density at radius 2 is 2.24 bits per heavy atom. The van der Waals surface area contributed by atoms with Crippen LogP contribution in [0.2, 0.25) is 0 Å². The van der Waals surface area contributed by atoms with Gasteiger partial charge in [0.05, 0.1) is 23.0 Å². The first-order chi connectivity index (χ1) is 10.3. The number of fused-ring (bicyclic) bond motifs is 1. The minimum absolute atomic E-state index is 0.491. The molecular formula is C16H18N4S. The van der Waals surface area contributed by atoms with Crippen LogP contribution in [0.25, 0.3) is 10.2 Å². The molecular weight excluding hydrogens is 280 g/mol. The van der Waals surface area contributed by atoms with E-state index in [2.05, 4.69) is 40.5 Å². The number of thiazole rings is 1. The summed E-state index contributed by atoms with van der Waals surface area (Å²) in [5.74, 6) is 0. The number of likely N-dealkylation sites (tertiary alicyclic amines) is 1. The van der Waals surface area contributed by atoms with Crippen molar-refractivity contribution in [3.05, 3.63) is 47.2 Å². The highest BCUT2D eigenvalue weighted by Gasteiger charge is 2.27. The fraction of sp³-hybridized carbons (Fsp3) is 0.375. The zero-order chi connectivity index (χ0) is 14.2. The van der Waals surface area contributed by atoms with Crippen LogP contribution < -0.4 is 0 Å². The summed E-state index contributed by atoms with van der Waals surface area (Å²) >= 11 is 1.81. The third-order valence-electron chi connectivity index (χ3n) is 4.15. The molecule has 1 aliphatic heterocycles. The summed E-state index contributed by atoms with van der Waals surface area (Å²) in [5, 5.41) is 5.53. The summed E-state index contributed by atoms with van der Waals surface area (Å²) in [4.78, 5) is 7.30. The Bertz CT molecular complexity index is 727. The Morgan fingerprint density at radius 1 is 1.33 bits per heavy atom. The van der Waals surface area contributed by atoms with Crippen LogP contribution >= 0.6 is 11.3 Å². The molecule has 0 amide bonds. The van der Waals surface area contributed by atoms with Crippen LogP contribution in [0.1, 0.15) is 29.5 Å². The van der Waals surface area contributed by atoms with E-state index < -0.39 is 0 Å². The second-order valence-electron chi connectivity index (χ2n) is 5.65. The lowest BCUT2D eigenvalue weighted by molar-refractivity contribution is 0.248. The quantitative estimate of drug-likeness (QED) is 0.743. The number of aryl methyl sites for hydroxylation is 1. The largest absolute Gasteiger partial charge is 0.290 e. The van der Waals surface area contributed by atoms with Gasteiger partial charge in [-0.05, 0) is 31.5 Å². The topological polar surface area (TPSA) is 34.0 Å². The molecule has 1 fully saturated rings. The Balaban J connectivity index is 1.57. The van der Waals surface area contributed by atoms with Crippen LogP contribution in [0, 0.1) is 0 Å². The second-order valence-corrected chi connectivity index (χ2v) is 6.77. The minimum atomic E-state index is 0.491. The fourth-order valence-electron chi connectivity index (χ4n) is 3.17. The molecule has 21 heavy (non-hydrogen) atoms. The van der Waals surface area contributed by atoms with Crippen molar-refractivity contribution < 1.29 is 0 Å². The molecule has 1 aliphatic rings. The van der Waals surface area contributed by atoms with E-state index in [0.29, 0.717) is 6.04 Å². The highest BCUT2D eigenvalue weighted by atomic mass is 32.1. The normalized spacial score (nSPS) is 19.6. The zero-order valence-electron chi connectivity index (χ0n) is 12.1. The molecule has 0 aliphatic carbocycles. The number of aromatic nitrogens is 3. The van der Waals surface area contributed by atoms with Gasteiger partial charge in [0, 0.05) is 24.8 Å². The summed E-state index contributed by atoms with van der Waals surface area (Å²) < 4.78 is 3.17. The molecule has 0 spiro atoms. The Labute approximate surface area is 128 Å². The van der Waals surface area contributed by atoms with Crippen LogP contribution in [0.5, 0.6) is 0 Å². The standard InChI is InChI=1S/C16H18N4S/c1-19-10-12(9-17-19)14-6-4-8-20(14)11-16-18-13-5-2-3-7-15(13)21-16/h2-3,5,7,9-10,14H,4,6,8,11H2,1H3/t14-/m0/s1. The van der Waals surface area contributed by atoms with Gasteiger partial charge in [-0.2, -0.15) is 5.10 Å². The molecule has 0 N–H and O–H groups in total. The van der Waals surface area contributed by atoms with Gasteiger partial charge in [-0.15, -0.1) is 11.3 Å². The summed E-state index contributed by atoms with van der Waals surface area (Å²) in [6.07, 6.45) is 6.61. The van der Waals surface area contributed by atoms with Crippen molar-refractivity contribution in [3.63, 3.8) is 0 Å². The maximum atomic E-state index is 4.77. The van der Waals surface area contributed by atoms with Crippen LogP contribution in [-0.2, 0) is 13.6 Å². The van der Waals surface area contributed by atoms with E-state index in [9.17, 15) is 0 Å². The van der Waals surface area contributed by atoms with Crippen molar-refractivity contribution in [3.8, 4) is 0 Å². The predicted molar refractivity (Wildman–Crippen MR) is 85.2 cm³/mol. The molecule has 0 bridgehead atoms. The first kappa shape index (κ1) is 13.0. The van der Waals surface area contributed by atoms with Crippen molar-refractivity contribution in [1.29, 1.82) is 0 Å². The highest BCUT2D eigenvalue weighted by Crippen LogP contribution is 2.34. The number of benzene rings is 1. The first-order valence-corrected chi connectivity index (χ1v) is 8.18. The van der Waals surface area contributed by atoms with E-state index in [1.165, 1.54) is 28.1 Å². The Kier molecular flexibility index (Phi) is 3.24. The van der Waals surface area contributed by atoms with Crippen molar-refractivity contribution in [1.82, 2.24) is 19.7 Å². The lowest BCUT2D eigenvalue weighted by Crippen LogP contribution is -2.22. The average molecular weight is 298 g/mol. The average Bonchev–Trinajstić information content (AvgIpc) is 3.17. The van der Waals surface area contributed by atoms with Gasteiger partial charge in [-0.3, -0.25) is 9.58 Å². The molecule has 1 atom stereocenters. The lowest BCUT2D eigenvalue weighted by Gasteiger charge is -2.22. The summed E-state index contributed by atoms with van der Waals surface area (Å²) in [6, 6.07) is 8.88. The molecule has 3 heterocycles. The van der Waals surface area contributed by atoms with Gasteiger partial charge in [0.25, 0.3) is 0 Å². The van der Waals surface area contributed by atoms with Gasteiger partial charge in [0.2, 0.25) is 0 Å². The van der Waals surface area contributed by atoms with Crippen molar-refractivity contribution >= 4 is 21.6 Å². The summed E-state index contributed by atoms with van der Waals surface area (Å²) in [5.41, 5.74) is 2.45. The van der Waals surface area contributed by atoms with Gasteiger partial charge in [0.15, 0.2) is 0 Å². The second kappa shape index (κ2) is 5.24. The molecule has 0 unspecified atom stereocenters. The number of hydrogen-bond donors (Lipinski definition) is 0. The van der Waals surface area contributed by atoms with Crippen molar-refractivity contribution in [2.75, 3.05) is 6.54 Å². The molecule has 1 aromatic carbocycles. The fourth-order valence-corrected chi connectivity index (χ4v) is 4.16. The van der Waals surface area contributed by atoms with E-state index in [-0.39, 0.29) is 0 Å². The van der Waals surface area contributed by atoms with E-state index >= 15 is 0 Å². The van der Waals surface area contributed by atoms with Gasteiger partial charge < -0.3 is 0 Å². The van der Waals surface area contributed by atoms with Gasteiger partial charge >= 0.3 is 0 Å².